The van der Waals surface area contributed by atoms with E-state index in [0.29, 0.717) is 55.3 Å². The summed E-state index contributed by atoms with van der Waals surface area (Å²) < 4.78 is 34.8. The van der Waals surface area contributed by atoms with Gasteiger partial charge in [-0.25, -0.2) is 8.78 Å². The first kappa shape index (κ1) is 21.9. The quantitative estimate of drug-likeness (QED) is 0.637. The van der Waals surface area contributed by atoms with E-state index in [9.17, 15) is 13.6 Å². The van der Waals surface area contributed by atoms with Gasteiger partial charge >= 0.3 is 0 Å². The Bertz CT molecular complexity index is 1120. The molecule has 0 radical (unpaired) electrons. The minimum absolute atomic E-state index is 0.231. The van der Waals surface area contributed by atoms with Crippen LogP contribution in [-0.4, -0.2) is 45.8 Å². The number of hydrogen-bond acceptors (Lipinski definition) is 5. The lowest BCUT2D eigenvalue weighted by Crippen LogP contribution is -2.30. The molecular weight excluding hydrogens is 416 g/mol. The fourth-order valence-electron chi connectivity index (χ4n) is 3.89. The summed E-state index contributed by atoms with van der Waals surface area (Å²) in [6.07, 6.45) is 0.625. The van der Waals surface area contributed by atoms with E-state index in [1.807, 2.05) is 11.5 Å². The first-order valence-corrected chi connectivity index (χ1v) is 10.5. The molecule has 0 saturated heterocycles. The lowest BCUT2D eigenvalue weighted by atomic mass is 10.2. The maximum absolute atomic E-state index is 14.1. The van der Waals surface area contributed by atoms with Crippen LogP contribution in [0.25, 0.3) is 0 Å². The number of halogens is 2. The first-order chi connectivity index (χ1) is 15.5. The molecule has 168 valence electrons. The Morgan fingerprint density at radius 2 is 1.97 bits per heavy atom. The zero-order valence-electron chi connectivity index (χ0n) is 18.0. The molecule has 0 bridgehead atoms. The third-order valence-electron chi connectivity index (χ3n) is 5.64. The highest BCUT2D eigenvalue weighted by Crippen LogP contribution is 2.19. The lowest BCUT2D eigenvalue weighted by molar-refractivity contribution is 0.0937. The predicted molar refractivity (Wildman–Crippen MR) is 114 cm³/mol. The van der Waals surface area contributed by atoms with Crippen LogP contribution in [0.15, 0.2) is 42.5 Å². The Labute approximate surface area is 185 Å². The number of carbonyl (C=O) groups excluding carboxylic acids is 1. The van der Waals surface area contributed by atoms with Crippen molar-refractivity contribution in [2.24, 2.45) is 0 Å². The van der Waals surface area contributed by atoms with E-state index in [4.69, 9.17) is 4.74 Å². The van der Waals surface area contributed by atoms with Gasteiger partial charge in [0.25, 0.3) is 5.91 Å². The summed E-state index contributed by atoms with van der Waals surface area (Å²) in [5, 5.41) is 11.6. The van der Waals surface area contributed by atoms with Gasteiger partial charge in [0.2, 0.25) is 0 Å². The minimum Gasteiger partial charge on any atom is -0.497 e. The number of nitrogens with zero attached hydrogens (tertiary/aromatic N) is 4. The second-order valence-corrected chi connectivity index (χ2v) is 7.79. The predicted octanol–water partition coefficient (Wildman–Crippen LogP) is 3.11. The maximum Gasteiger partial charge on any atom is 0.251 e. The van der Waals surface area contributed by atoms with Crippen molar-refractivity contribution in [1.29, 1.82) is 0 Å². The fraction of sp³-hybridized carbons (Fsp3) is 0.348. The number of hydrogen-bond donors (Lipinski definition) is 1. The number of aromatic nitrogens is 3. The summed E-state index contributed by atoms with van der Waals surface area (Å²) in [7, 11) is 1.55. The summed E-state index contributed by atoms with van der Waals surface area (Å²) in [5.41, 5.74) is 0.830. The number of benzene rings is 2. The van der Waals surface area contributed by atoms with Crippen molar-refractivity contribution in [2.45, 2.75) is 32.5 Å². The van der Waals surface area contributed by atoms with E-state index in [-0.39, 0.29) is 11.9 Å². The van der Waals surface area contributed by atoms with E-state index in [0.717, 1.165) is 11.9 Å². The van der Waals surface area contributed by atoms with Crippen LogP contribution in [0.2, 0.25) is 0 Å². The summed E-state index contributed by atoms with van der Waals surface area (Å²) in [5.74, 6) is 0.213. The van der Waals surface area contributed by atoms with Crippen molar-refractivity contribution in [3.8, 4) is 5.75 Å². The maximum atomic E-state index is 14.1. The number of nitrogens with one attached hydrogen (secondary N) is 1. The molecule has 9 heteroatoms. The van der Waals surface area contributed by atoms with Crippen LogP contribution in [0.1, 0.15) is 40.5 Å². The number of carbonyl (C=O) groups is 1. The van der Waals surface area contributed by atoms with Crippen molar-refractivity contribution in [3.05, 3.63) is 76.9 Å². The van der Waals surface area contributed by atoms with E-state index < -0.39 is 11.6 Å². The molecule has 1 aliphatic heterocycles. The number of methoxy groups -OCH3 is 1. The second-order valence-electron chi connectivity index (χ2n) is 7.79. The highest BCUT2D eigenvalue weighted by Gasteiger charge is 2.24. The van der Waals surface area contributed by atoms with Gasteiger partial charge in [-0.1, -0.05) is 18.2 Å². The van der Waals surface area contributed by atoms with Crippen LogP contribution < -0.4 is 10.1 Å². The number of rotatable bonds is 6. The van der Waals surface area contributed by atoms with Crippen LogP contribution in [0.4, 0.5) is 8.78 Å². The van der Waals surface area contributed by atoms with Crippen LogP contribution in [0.3, 0.4) is 0 Å². The van der Waals surface area contributed by atoms with Gasteiger partial charge < -0.3 is 14.6 Å². The zero-order chi connectivity index (χ0) is 22.7. The zero-order valence-corrected chi connectivity index (χ0v) is 18.0. The Balaban J connectivity index is 1.43. The third kappa shape index (κ3) is 4.62. The molecule has 0 unspecified atom stereocenters. The largest absolute Gasteiger partial charge is 0.497 e. The third-order valence-corrected chi connectivity index (χ3v) is 5.64. The molecule has 1 N–H and O–H groups in total. The van der Waals surface area contributed by atoms with E-state index >= 15 is 0 Å². The fourth-order valence-corrected chi connectivity index (χ4v) is 3.89. The molecule has 2 heterocycles. The molecule has 0 saturated carbocycles. The van der Waals surface area contributed by atoms with Gasteiger partial charge in [-0.15, -0.1) is 10.2 Å². The normalized spacial score (nSPS) is 15.0. The number of amides is 1. The molecule has 0 spiro atoms. The van der Waals surface area contributed by atoms with Crippen molar-refractivity contribution < 1.29 is 18.3 Å². The topological polar surface area (TPSA) is 72.3 Å². The summed E-state index contributed by atoms with van der Waals surface area (Å²) in [4.78, 5) is 14.7. The molecule has 2 aromatic carbocycles. The van der Waals surface area contributed by atoms with Gasteiger partial charge in [0.1, 0.15) is 11.6 Å². The second kappa shape index (κ2) is 9.44. The van der Waals surface area contributed by atoms with Crippen LogP contribution >= 0.6 is 0 Å². The molecule has 7 nitrogen and oxygen atoms in total. The van der Waals surface area contributed by atoms with Gasteiger partial charge in [0.15, 0.2) is 17.5 Å². The molecule has 0 fully saturated rings. The first-order valence-electron chi connectivity index (χ1n) is 10.5. The van der Waals surface area contributed by atoms with Crippen LogP contribution in [0, 0.1) is 11.6 Å². The monoisotopic (exact) mass is 441 g/mol. The van der Waals surface area contributed by atoms with Gasteiger partial charge in [-0.2, -0.15) is 0 Å². The molecule has 3 aromatic rings. The summed E-state index contributed by atoms with van der Waals surface area (Å²) >= 11 is 0. The highest BCUT2D eigenvalue weighted by molar-refractivity contribution is 5.94. The highest BCUT2D eigenvalue weighted by atomic mass is 19.2. The van der Waals surface area contributed by atoms with Gasteiger partial charge in [-0.3, -0.25) is 9.69 Å². The van der Waals surface area contributed by atoms with E-state index in [1.54, 1.807) is 37.4 Å². The van der Waals surface area contributed by atoms with Crippen LogP contribution in [0.5, 0.6) is 5.75 Å². The van der Waals surface area contributed by atoms with E-state index in [1.165, 1.54) is 6.07 Å². The van der Waals surface area contributed by atoms with Gasteiger partial charge in [-0.05, 0) is 31.2 Å². The van der Waals surface area contributed by atoms with Gasteiger partial charge in [0, 0.05) is 43.7 Å². The Kier molecular flexibility index (Phi) is 6.45. The SMILES string of the molecule is COc1cccc(C(=O)N[C@@H](C)c2nnc3n2CCN(Cc2cccc(F)c2F)CC3)c1. The molecule has 4 rings (SSSR count). The average Bonchev–Trinajstić information content (AvgIpc) is 3.11. The van der Waals surface area contributed by atoms with E-state index in [2.05, 4.69) is 20.4 Å². The van der Waals surface area contributed by atoms with Crippen molar-refractivity contribution >= 4 is 5.91 Å². The Hall–Kier alpha value is -3.33. The molecule has 32 heavy (non-hydrogen) atoms. The van der Waals surface area contributed by atoms with Crippen molar-refractivity contribution in [1.82, 2.24) is 25.0 Å². The molecule has 1 amide bonds. The Morgan fingerprint density at radius 1 is 1.16 bits per heavy atom. The average molecular weight is 441 g/mol. The summed E-state index contributed by atoms with van der Waals surface area (Å²) in [6, 6.07) is 10.8. The standard InChI is InChI=1S/C23H25F2N5O2/c1-15(26-23(31)16-5-3-7-18(13-16)32-2)22-28-27-20-9-10-29(11-12-30(20)22)14-17-6-4-8-19(24)21(17)25/h3-8,13,15H,9-12,14H2,1-2H3,(H,26,31)/t15-/m0/s1. The Morgan fingerprint density at radius 3 is 2.78 bits per heavy atom. The number of fused-ring (bicyclic) bond motifs is 1. The smallest absolute Gasteiger partial charge is 0.251 e. The minimum atomic E-state index is -0.836. The van der Waals surface area contributed by atoms with Crippen LogP contribution in [-0.2, 0) is 19.5 Å². The summed E-state index contributed by atoms with van der Waals surface area (Å²) in [6.45, 7) is 4.05. The van der Waals surface area contributed by atoms with Crippen molar-refractivity contribution in [2.75, 3.05) is 20.2 Å². The molecule has 1 aliphatic rings. The number of ether oxygens (including phenoxy) is 1. The van der Waals surface area contributed by atoms with Gasteiger partial charge in [0.05, 0.1) is 13.2 Å². The molecule has 1 aromatic heterocycles. The molecular formula is C23H25F2N5O2. The molecule has 1 atom stereocenters. The van der Waals surface area contributed by atoms with Crippen molar-refractivity contribution in [3.63, 3.8) is 0 Å². The molecule has 0 aliphatic carbocycles. The lowest BCUT2D eigenvalue weighted by Gasteiger charge is -2.20.